The van der Waals surface area contributed by atoms with Crippen molar-refractivity contribution < 1.29 is 0 Å². The predicted octanol–water partition coefficient (Wildman–Crippen LogP) is 3.70. The fraction of sp³-hybridized carbons (Fsp3) is 0.733. The lowest BCUT2D eigenvalue weighted by Gasteiger charge is -2.20. The summed E-state index contributed by atoms with van der Waals surface area (Å²) in [4.78, 5) is 8.87. The number of unbranched alkanes of at least 4 members (excludes halogenated alkanes) is 1. The number of rotatable bonds is 8. The van der Waals surface area contributed by atoms with E-state index in [2.05, 4.69) is 36.1 Å². The van der Waals surface area contributed by atoms with Crippen molar-refractivity contribution in [3.63, 3.8) is 0 Å². The van der Waals surface area contributed by atoms with Gasteiger partial charge in [-0.3, -0.25) is 0 Å². The van der Waals surface area contributed by atoms with Crippen molar-refractivity contribution in [3.05, 3.63) is 11.4 Å². The van der Waals surface area contributed by atoms with E-state index >= 15 is 0 Å². The highest BCUT2D eigenvalue weighted by atomic mass is 15.1. The number of nitrogens with one attached hydrogen (secondary N) is 1. The van der Waals surface area contributed by atoms with E-state index in [1.54, 1.807) is 0 Å². The monoisotopic (exact) mass is 264 g/mol. The van der Waals surface area contributed by atoms with E-state index in [-0.39, 0.29) is 0 Å². The molecule has 0 saturated carbocycles. The molecule has 1 aromatic heterocycles. The number of anilines is 2. The molecule has 0 aliphatic heterocycles. The first-order valence-electron chi connectivity index (χ1n) is 7.51. The predicted molar refractivity (Wildman–Crippen MR) is 82.4 cm³/mol. The van der Waals surface area contributed by atoms with Crippen LogP contribution >= 0.6 is 0 Å². The second-order valence-corrected chi connectivity index (χ2v) is 5.12. The van der Waals surface area contributed by atoms with Gasteiger partial charge in [0.25, 0.3) is 0 Å². The highest BCUT2D eigenvalue weighted by Gasteiger charge is 2.12. The Bertz CT molecular complexity index is 390. The van der Waals surface area contributed by atoms with Gasteiger partial charge in [-0.15, -0.1) is 0 Å². The summed E-state index contributed by atoms with van der Waals surface area (Å²) < 4.78 is 0. The number of hydrogen-bond acceptors (Lipinski definition) is 4. The summed E-state index contributed by atoms with van der Waals surface area (Å²) in [6, 6.07) is 0.489. The largest absolute Gasteiger partial charge is 0.383 e. The molecule has 4 nitrogen and oxygen atoms in total. The van der Waals surface area contributed by atoms with Gasteiger partial charge in [0.1, 0.15) is 17.5 Å². The lowest BCUT2D eigenvalue weighted by atomic mass is 10.0. The number of nitrogens with zero attached hydrogens (tertiary/aromatic N) is 2. The van der Waals surface area contributed by atoms with E-state index in [4.69, 9.17) is 5.73 Å². The molecule has 1 heterocycles. The molecular weight excluding hydrogens is 236 g/mol. The molecule has 1 unspecified atom stereocenters. The highest BCUT2D eigenvalue weighted by Crippen LogP contribution is 2.21. The van der Waals surface area contributed by atoms with Crippen molar-refractivity contribution in [1.82, 2.24) is 9.97 Å². The average Bonchev–Trinajstić information content (AvgIpc) is 2.41. The minimum Gasteiger partial charge on any atom is -0.383 e. The Hall–Kier alpha value is -1.32. The van der Waals surface area contributed by atoms with Gasteiger partial charge in [-0.2, -0.15) is 0 Å². The summed E-state index contributed by atoms with van der Waals surface area (Å²) in [6.45, 7) is 8.49. The van der Waals surface area contributed by atoms with Crippen LogP contribution in [0.15, 0.2) is 0 Å². The molecule has 0 saturated heterocycles. The zero-order valence-corrected chi connectivity index (χ0v) is 12.8. The first-order valence-corrected chi connectivity index (χ1v) is 7.51. The number of hydrogen-bond donors (Lipinski definition) is 2. The van der Waals surface area contributed by atoms with Crippen molar-refractivity contribution in [2.24, 2.45) is 0 Å². The first kappa shape index (κ1) is 15.7. The minimum atomic E-state index is 0.489. The van der Waals surface area contributed by atoms with E-state index in [0.717, 1.165) is 23.6 Å². The second-order valence-electron chi connectivity index (χ2n) is 5.12. The summed E-state index contributed by atoms with van der Waals surface area (Å²) >= 11 is 0. The van der Waals surface area contributed by atoms with Crippen LogP contribution in [-0.2, 0) is 6.42 Å². The van der Waals surface area contributed by atoms with E-state index in [9.17, 15) is 0 Å². The number of aryl methyl sites for hydroxylation is 1. The number of nitrogens with two attached hydrogens (primary N) is 1. The molecule has 0 aliphatic carbocycles. The maximum absolute atomic E-state index is 5.96. The molecule has 3 N–H and O–H groups in total. The van der Waals surface area contributed by atoms with Crippen LogP contribution in [0.25, 0.3) is 0 Å². The molecule has 0 bridgehead atoms. The van der Waals surface area contributed by atoms with Gasteiger partial charge in [0.05, 0.1) is 0 Å². The quantitative estimate of drug-likeness (QED) is 0.751. The van der Waals surface area contributed by atoms with Crippen LogP contribution in [0.4, 0.5) is 11.6 Å². The second kappa shape index (κ2) is 7.97. The van der Waals surface area contributed by atoms with Crippen LogP contribution < -0.4 is 11.1 Å². The third-order valence-electron chi connectivity index (χ3n) is 3.43. The molecule has 0 amide bonds. The molecule has 108 valence electrons. The van der Waals surface area contributed by atoms with Crippen molar-refractivity contribution in [3.8, 4) is 0 Å². The first-order chi connectivity index (χ1) is 9.12. The molecule has 19 heavy (non-hydrogen) atoms. The maximum Gasteiger partial charge on any atom is 0.134 e. The van der Waals surface area contributed by atoms with Crippen LogP contribution in [0.1, 0.15) is 64.3 Å². The van der Waals surface area contributed by atoms with Crippen molar-refractivity contribution >= 4 is 11.6 Å². The fourth-order valence-corrected chi connectivity index (χ4v) is 2.16. The summed E-state index contributed by atoms with van der Waals surface area (Å²) in [5.41, 5.74) is 6.92. The zero-order chi connectivity index (χ0) is 14.3. The number of nitrogen functional groups attached to an aromatic ring is 1. The van der Waals surface area contributed by atoms with E-state index < -0.39 is 0 Å². The van der Waals surface area contributed by atoms with Gasteiger partial charge in [-0.25, -0.2) is 9.97 Å². The van der Waals surface area contributed by atoms with Crippen molar-refractivity contribution in [2.45, 2.75) is 72.3 Å². The Morgan fingerprint density at radius 1 is 1.11 bits per heavy atom. The smallest absolute Gasteiger partial charge is 0.134 e. The Morgan fingerprint density at radius 3 is 2.42 bits per heavy atom. The zero-order valence-electron chi connectivity index (χ0n) is 12.8. The lowest BCUT2D eigenvalue weighted by Crippen LogP contribution is -2.21. The highest BCUT2D eigenvalue weighted by molar-refractivity contribution is 5.55. The molecule has 0 aromatic carbocycles. The molecule has 0 radical (unpaired) electrons. The lowest BCUT2D eigenvalue weighted by molar-refractivity contribution is 0.562. The van der Waals surface area contributed by atoms with Crippen LogP contribution in [0, 0.1) is 6.92 Å². The maximum atomic E-state index is 5.96. The summed E-state index contributed by atoms with van der Waals surface area (Å²) in [5.74, 6) is 2.33. The van der Waals surface area contributed by atoms with Gasteiger partial charge < -0.3 is 11.1 Å². The normalized spacial score (nSPS) is 12.4. The summed E-state index contributed by atoms with van der Waals surface area (Å²) in [5, 5.41) is 3.57. The van der Waals surface area contributed by atoms with Crippen molar-refractivity contribution in [2.75, 3.05) is 11.1 Å². The molecule has 0 fully saturated rings. The van der Waals surface area contributed by atoms with Crippen LogP contribution in [-0.4, -0.2) is 16.0 Å². The number of aromatic nitrogens is 2. The Labute approximate surface area is 117 Å². The Morgan fingerprint density at radius 2 is 1.84 bits per heavy atom. The molecule has 1 aromatic rings. The average molecular weight is 264 g/mol. The van der Waals surface area contributed by atoms with Gasteiger partial charge in [0.15, 0.2) is 0 Å². The molecule has 4 heteroatoms. The molecule has 0 spiro atoms. The van der Waals surface area contributed by atoms with E-state index in [0.29, 0.717) is 11.9 Å². The third kappa shape index (κ3) is 4.69. The van der Waals surface area contributed by atoms with Crippen LogP contribution in [0.3, 0.4) is 0 Å². The third-order valence-corrected chi connectivity index (χ3v) is 3.43. The van der Waals surface area contributed by atoms with Gasteiger partial charge in [-0.05, 0) is 19.8 Å². The molecule has 1 rings (SSSR count). The molecule has 0 aliphatic rings. The summed E-state index contributed by atoms with van der Waals surface area (Å²) in [7, 11) is 0. The van der Waals surface area contributed by atoms with Gasteiger partial charge in [0, 0.05) is 18.0 Å². The Balaban J connectivity index is 2.85. The SMILES string of the molecule is CCCCC(CCC)Nc1nc(CC)nc(N)c1C. The van der Waals surface area contributed by atoms with Crippen molar-refractivity contribution in [1.29, 1.82) is 0 Å². The Kier molecular flexibility index (Phi) is 6.60. The van der Waals surface area contributed by atoms with Gasteiger partial charge >= 0.3 is 0 Å². The van der Waals surface area contributed by atoms with Crippen LogP contribution in [0.5, 0.6) is 0 Å². The summed E-state index contributed by atoms with van der Waals surface area (Å²) in [6.07, 6.45) is 6.83. The topological polar surface area (TPSA) is 63.8 Å². The minimum absolute atomic E-state index is 0.489. The van der Waals surface area contributed by atoms with Gasteiger partial charge in [-0.1, -0.05) is 40.0 Å². The fourth-order valence-electron chi connectivity index (χ4n) is 2.16. The standard InChI is InChI=1S/C15H28N4/c1-5-8-10-12(9-6-2)17-15-11(4)14(16)18-13(7-3)19-15/h12H,5-10H2,1-4H3,(H3,16,17,18,19). The van der Waals surface area contributed by atoms with Crippen LogP contribution in [0.2, 0.25) is 0 Å². The molecule has 1 atom stereocenters. The van der Waals surface area contributed by atoms with Gasteiger partial charge in [0.2, 0.25) is 0 Å². The molecular formula is C15H28N4. The van der Waals surface area contributed by atoms with E-state index in [1.807, 2.05) is 6.92 Å². The van der Waals surface area contributed by atoms with E-state index in [1.165, 1.54) is 32.1 Å².